The molecule has 0 N–H and O–H groups in total. The van der Waals surface area contributed by atoms with Crippen molar-refractivity contribution in [3.63, 3.8) is 0 Å². The summed E-state index contributed by atoms with van der Waals surface area (Å²) in [5, 5.41) is 0. The highest BCUT2D eigenvalue weighted by Gasteiger charge is 2.23. The van der Waals surface area contributed by atoms with Crippen LogP contribution in [0.25, 0.3) is 0 Å². The first-order chi connectivity index (χ1) is 8.68. The fraction of sp³-hybridized carbons (Fsp3) is 0.500. The number of ether oxygens (including phenoxy) is 1. The van der Waals surface area contributed by atoms with Gasteiger partial charge in [0.15, 0.2) is 0 Å². The molecule has 1 aliphatic rings. The van der Waals surface area contributed by atoms with Gasteiger partial charge in [0.2, 0.25) is 5.78 Å². The van der Waals surface area contributed by atoms with Gasteiger partial charge in [-0.05, 0) is 37.8 Å². The van der Waals surface area contributed by atoms with Crippen molar-refractivity contribution in [1.82, 2.24) is 0 Å². The van der Waals surface area contributed by atoms with E-state index in [1.807, 2.05) is 0 Å². The Kier molecular flexibility index (Phi) is 4.28. The summed E-state index contributed by atoms with van der Waals surface area (Å²) in [5.74, 6) is -0.879. The minimum absolute atomic E-state index is 0.0157. The lowest BCUT2D eigenvalue weighted by atomic mass is 9.97. The van der Waals surface area contributed by atoms with Crippen molar-refractivity contribution in [2.24, 2.45) is 0 Å². The van der Waals surface area contributed by atoms with Crippen molar-refractivity contribution < 1.29 is 18.3 Å². The highest BCUT2D eigenvalue weighted by molar-refractivity contribution is 6.00. The Bertz CT molecular complexity index is 412. The van der Waals surface area contributed by atoms with E-state index in [0.717, 1.165) is 25.7 Å². The van der Waals surface area contributed by atoms with Gasteiger partial charge in [0, 0.05) is 0 Å². The number of halogens is 2. The van der Waals surface area contributed by atoms with E-state index in [1.165, 1.54) is 12.5 Å². The highest BCUT2D eigenvalue weighted by atomic mass is 19.3. The van der Waals surface area contributed by atoms with Gasteiger partial charge in [0.1, 0.15) is 5.75 Å². The normalized spacial score (nSPS) is 16.8. The number of Topliss-reactive ketones (excluding diaryl/α,β-unsaturated/α-hetero) is 1. The summed E-state index contributed by atoms with van der Waals surface area (Å²) in [6.07, 6.45) is 2.29. The number of hydrogen-bond acceptors (Lipinski definition) is 2. The number of rotatable bonds is 4. The van der Waals surface area contributed by atoms with Crippen LogP contribution in [-0.2, 0) is 0 Å². The van der Waals surface area contributed by atoms with Gasteiger partial charge in [-0.3, -0.25) is 4.79 Å². The fourth-order valence-corrected chi connectivity index (χ4v) is 2.25. The third-order valence-corrected chi connectivity index (χ3v) is 3.20. The predicted octanol–water partition coefficient (Wildman–Crippen LogP) is 3.85. The standard InChI is InChI=1S/C14H16F2O2/c15-14(16)13(17)11-8-4-5-9-12(11)18-10-6-2-1-3-7-10/h4-5,8-10,14H,1-3,6-7H2. The van der Waals surface area contributed by atoms with E-state index in [9.17, 15) is 13.6 Å². The molecule has 1 saturated carbocycles. The van der Waals surface area contributed by atoms with Crippen molar-refractivity contribution in [3.8, 4) is 5.75 Å². The first-order valence-electron chi connectivity index (χ1n) is 6.26. The molecular formula is C14H16F2O2. The van der Waals surface area contributed by atoms with E-state index in [4.69, 9.17) is 4.74 Å². The summed E-state index contributed by atoms with van der Waals surface area (Å²) < 4.78 is 30.6. The SMILES string of the molecule is O=C(c1ccccc1OC1CCCCC1)C(F)F. The molecule has 2 nitrogen and oxygen atoms in total. The second-order valence-corrected chi connectivity index (χ2v) is 4.54. The molecule has 0 spiro atoms. The highest BCUT2D eigenvalue weighted by Crippen LogP contribution is 2.27. The molecular weight excluding hydrogens is 238 g/mol. The number of ketones is 1. The minimum atomic E-state index is -2.99. The largest absolute Gasteiger partial charge is 0.490 e. The summed E-state index contributed by atoms with van der Waals surface area (Å²) in [4.78, 5) is 11.4. The molecule has 0 radical (unpaired) electrons. The van der Waals surface area contributed by atoms with Crippen LogP contribution in [0.3, 0.4) is 0 Å². The quantitative estimate of drug-likeness (QED) is 0.763. The van der Waals surface area contributed by atoms with Crippen molar-refractivity contribution >= 4 is 5.78 Å². The second-order valence-electron chi connectivity index (χ2n) is 4.54. The van der Waals surface area contributed by atoms with Crippen LogP contribution in [0, 0.1) is 0 Å². The van der Waals surface area contributed by atoms with Crippen LogP contribution in [0.15, 0.2) is 24.3 Å². The maximum Gasteiger partial charge on any atom is 0.300 e. The molecule has 0 saturated heterocycles. The number of hydrogen-bond donors (Lipinski definition) is 0. The van der Waals surface area contributed by atoms with Gasteiger partial charge in [-0.15, -0.1) is 0 Å². The molecule has 0 atom stereocenters. The average Bonchev–Trinajstić information content (AvgIpc) is 2.39. The molecule has 1 aromatic carbocycles. The van der Waals surface area contributed by atoms with Gasteiger partial charge < -0.3 is 4.74 Å². The van der Waals surface area contributed by atoms with Gasteiger partial charge in [-0.1, -0.05) is 18.6 Å². The first kappa shape index (κ1) is 13.0. The summed E-state index contributed by atoms with van der Waals surface area (Å²) in [5.41, 5.74) is -0.0157. The maximum absolute atomic E-state index is 12.5. The Morgan fingerprint density at radius 1 is 1.17 bits per heavy atom. The molecule has 98 valence electrons. The first-order valence-corrected chi connectivity index (χ1v) is 6.26. The average molecular weight is 254 g/mol. The molecule has 18 heavy (non-hydrogen) atoms. The van der Waals surface area contributed by atoms with E-state index in [0.29, 0.717) is 0 Å². The van der Waals surface area contributed by atoms with Gasteiger partial charge >= 0.3 is 6.43 Å². The minimum Gasteiger partial charge on any atom is -0.490 e. The van der Waals surface area contributed by atoms with Crippen molar-refractivity contribution in [2.75, 3.05) is 0 Å². The zero-order chi connectivity index (χ0) is 13.0. The molecule has 4 heteroatoms. The van der Waals surface area contributed by atoms with Crippen LogP contribution >= 0.6 is 0 Å². The maximum atomic E-state index is 12.5. The summed E-state index contributed by atoms with van der Waals surface area (Å²) in [6, 6.07) is 6.25. The topological polar surface area (TPSA) is 26.3 Å². The Morgan fingerprint density at radius 3 is 2.50 bits per heavy atom. The Labute approximate surface area is 105 Å². The van der Waals surface area contributed by atoms with E-state index in [1.54, 1.807) is 18.2 Å². The molecule has 0 amide bonds. The summed E-state index contributed by atoms with van der Waals surface area (Å²) in [6.45, 7) is 0. The summed E-state index contributed by atoms with van der Waals surface area (Å²) in [7, 11) is 0. The zero-order valence-corrected chi connectivity index (χ0v) is 10.1. The molecule has 0 heterocycles. The van der Waals surface area contributed by atoms with Gasteiger partial charge in [0.25, 0.3) is 0 Å². The van der Waals surface area contributed by atoms with Crippen LogP contribution in [0.1, 0.15) is 42.5 Å². The molecule has 0 aromatic heterocycles. The van der Waals surface area contributed by atoms with E-state index in [2.05, 4.69) is 0 Å². The number of para-hydroxylation sites is 1. The molecule has 2 rings (SSSR count). The van der Waals surface area contributed by atoms with Gasteiger partial charge in [-0.2, -0.15) is 0 Å². The molecule has 0 bridgehead atoms. The molecule has 0 unspecified atom stereocenters. The Hall–Kier alpha value is -1.45. The molecule has 1 aromatic rings. The van der Waals surface area contributed by atoms with Crippen molar-refractivity contribution in [1.29, 1.82) is 0 Å². The third-order valence-electron chi connectivity index (χ3n) is 3.20. The molecule has 1 fully saturated rings. The van der Waals surface area contributed by atoms with Crippen molar-refractivity contribution in [3.05, 3.63) is 29.8 Å². The van der Waals surface area contributed by atoms with Crippen LogP contribution in [0.5, 0.6) is 5.75 Å². The van der Waals surface area contributed by atoms with Crippen LogP contribution in [0.2, 0.25) is 0 Å². The van der Waals surface area contributed by atoms with Gasteiger partial charge in [-0.25, -0.2) is 8.78 Å². The van der Waals surface area contributed by atoms with E-state index < -0.39 is 12.2 Å². The Morgan fingerprint density at radius 2 is 1.83 bits per heavy atom. The van der Waals surface area contributed by atoms with E-state index >= 15 is 0 Å². The fourth-order valence-electron chi connectivity index (χ4n) is 2.25. The monoisotopic (exact) mass is 254 g/mol. The smallest absolute Gasteiger partial charge is 0.300 e. The number of alkyl halides is 2. The zero-order valence-electron chi connectivity index (χ0n) is 10.1. The van der Waals surface area contributed by atoms with Crippen LogP contribution in [0.4, 0.5) is 8.78 Å². The number of benzene rings is 1. The number of carbonyl (C=O) groups excluding carboxylic acids is 1. The molecule has 1 aliphatic carbocycles. The molecule has 0 aliphatic heterocycles. The van der Waals surface area contributed by atoms with Crippen molar-refractivity contribution in [2.45, 2.75) is 44.6 Å². The van der Waals surface area contributed by atoms with E-state index in [-0.39, 0.29) is 17.4 Å². The van der Waals surface area contributed by atoms with Crippen LogP contribution < -0.4 is 4.74 Å². The van der Waals surface area contributed by atoms with Gasteiger partial charge in [0.05, 0.1) is 11.7 Å². The third kappa shape index (κ3) is 3.06. The lowest BCUT2D eigenvalue weighted by molar-refractivity contribution is 0.0669. The lowest BCUT2D eigenvalue weighted by Gasteiger charge is -2.24. The van der Waals surface area contributed by atoms with Crippen LogP contribution in [-0.4, -0.2) is 18.3 Å². The lowest BCUT2D eigenvalue weighted by Crippen LogP contribution is -2.21. The Balaban J connectivity index is 2.14. The number of carbonyl (C=O) groups is 1. The predicted molar refractivity (Wildman–Crippen MR) is 64.3 cm³/mol. The second kappa shape index (κ2) is 5.94. The summed E-state index contributed by atoms with van der Waals surface area (Å²) >= 11 is 0.